The predicted molar refractivity (Wildman–Crippen MR) is 73.3 cm³/mol. The van der Waals surface area contributed by atoms with Crippen LogP contribution < -0.4 is 0 Å². The number of hydrogen-bond donors (Lipinski definition) is 0. The first-order valence-corrected chi connectivity index (χ1v) is 5.59. The van der Waals surface area contributed by atoms with E-state index in [0.717, 1.165) is 16.8 Å². The number of aryl methyl sites for hydroxylation is 1. The molecule has 3 heteroatoms. The minimum atomic E-state index is -0.833. The summed E-state index contributed by atoms with van der Waals surface area (Å²) in [7, 11) is 11.8. The van der Waals surface area contributed by atoms with Gasteiger partial charge in [-0.1, -0.05) is 42.0 Å². The SMILES string of the molecule is [B]C([B])(C)c1ccnc(-c2ccccc2C)c1. The van der Waals surface area contributed by atoms with Gasteiger partial charge in [0.05, 0.1) is 21.4 Å². The largest absolute Gasteiger partial charge is 0.256 e. The van der Waals surface area contributed by atoms with Gasteiger partial charge in [0.1, 0.15) is 0 Å². The molecular weight excluding hydrogens is 204 g/mol. The molecule has 1 aromatic heterocycles. The molecule has 0 fully saturated rings. The summed E-state index contributed by atoms with van der Waals surface area (Å²) < 4.78 is 0. The molecule has 0 aliphatic heterocycles. The van der Waals surface area contributed by atoms with Crippen molar-refractivity contribution in [3.8, 4) is 11.3 Å². The van der Waals surface area contributed by atoms with Gasteiger partial charge in [-0.05, 0) is 24.6 Å². The van der Waals surface area contributed by atoms with Crippen LogP contribution in [0.2, 0.25) is 0 Å². The van der Waals surface area contributed by atoms with Crippen molar-refractivity contribution in [3.63, 3.8) is 0 Å². The second-order valence-corrected chi connectivity index (χ2v) is 4.53. The van der Waals surface area contributed by atoms with E-state index in [4.69, 9.17) is 15.7 Å². The van der Waals surface area contributed by atoms with Crippen molar-refractivity contribution in [2.24, 2.45) is 0 Å². The molecule has 0 unspecified atom stereocenters. The molecule has 80 valence electrons. The Balaban J connectivity index is 2.51. The summed E-state index contributed by atoms with van der Waals surface area (Å²) in [6.45, 7) is 3.84. The van der Waals surface area contributed by atoms with Crippen molar-refractivity contribution >= 4 is 15.7 Å². The maximum Gasteiger partial charge on any atom is 0.0707 e. The lowest BCUT2D eigenvalue weighted by molar-refractivity contribution is 0.966. The molecule has 0 N–H and O–H groups in total. The zero-order valence-corrected chi connectivity index (χ0v) is 10.1. The van der Waals surface area contributed by atoms with Crippen LogP contribution in [-0.2, 0) is 5.21 Å². The molecule has 2 rings (SSSR count). The Bertz CT molecular complexity index is 530. The minimum Gasteiger partial charge on any atom is -0.256 e. The van der Waals surface area contributed by atoms with E-state index >= 15 is 0 Å². The molecule has 0 aliphatic carbocycles. The normalized spacial score (nSPS) is 11.4. The van der Waals surface area contributed by atoms with Crippen molar-refractivity contribution in [3.05, 3.63) is 53.7 Å². The van der Waals surface area contributed by atoms with E-state index in [1.165, 1.54) is 5.56 Å². The maximum absolute atomic E-state index is 5.89. The summed E-state index contributed by atoms with van der Waals surface area (Å²) in [4.78, 5) is 4.37. The Morgan fingerprint density at radius 3 is 2.47 bits per heavy atom. The zero-order valence-electron chi connectivity index (χ0n) is 10.1. The second-order valence-electron chi connectivity index (χ2n) is 4.53. The quantitative estimate of drug-likeness (QED) is 0.704. The van der Waals surface area contributed by atoms with Crippen molar-refractivity contribution in [1.29, 1.82) is 0 Å². The third-order valence-electron chi connectivity index (χ3n) is 2.80. The molecule has 0 spiro atoms. The van der Waals surface area contributed by atoms with E-state index in [1.807, 2.05) is 30.3 Å². The highest BCUT2D eigenvalue weighted by Gasteiger charge is 2.14. The third-order valence-corrected chi connectivity index (χ3v) is 2.80. The average molecular weight is 217 g/mol. The average Bonchev–Trinajstić information content (AvgIpc) is 2.29. The van der Waals surface area contributed by atoms with Gasteiger partial charge in [0.2, 0.25) is 0 Å². The number of hydrogen-bond acceptors (Lipinski definition) is 1. The predicted octanol–water partition coefficient (Wildman–Crippen LogP) is 2.57. The number of rotatable bonds is 2. The van der Waals surface area contributed by atoms with E-state index in [9.17, 15) is 0 Å². The fourth-order valence-electron chi connectivity index (χ4n) is 1.77. The first kappa shape index (κ1) is 12.0. The minimum absolute atomic E-state index is 0.833. The Morgan fingerprint density at radius 1 is 1.12 bits per heavy atom. The maximum atomic E-state index is 5.89. The van der Waals surface area contributed by atoms with Gasteiger partial charge < -0.3 is 0 Å². The highest BCUT2D eigenvalue weighted by Crippen LogP contribution is 2.24. The lowest BCUT2D eigenvalue weighted by Crippen LogP contribution is -2.21. The fourth-order valence-corrected chi connectivity index (χ4v) is 1.77. The second kappa shape index (κ2) is 4.40. The van der Waals surface area contributed by atoms with Gasteiger partial charge in [0.25, 0.3) is 0 Å². The van der Waals surface area contributed by atoms with Crippen LogP contribution in [0.25, 0.3) is 11.3 Å². The van der Waals surface area contributed by atoms with Gasteiger partial charge in [-0.3, -0.25) is 4.98 Å². The third kappa shape index (κ3) is 2.60. The monoisotopic (exact) mass is 217 g/mol. The first-order chi connectivity index (χ1) is 7.98. The highest BCUT2D eigenvalue weighted by molar-refractivity contribution is 6.39. The zero-order chi connectivity index (χ0) is 12.5. The molecular formula is C14H13B2N. The number of aromatic nitrogens is 1. The summed E-state index contributed by atoms with van der Waals surface area (Å²) in [6, 6.07) is 11.9. The Kier molecular flexibility index (Phi) is 3.10. The highest BCUT2D eigenvalue weighted by atomic mass is 14.7. The van der Waals surface area contributed by atoms with Crippen molar-refractivity contribution in [2.75, 3.05) is 0 Å². The van der Waals surface area contributed by atoms with Crippen LogP contribution in [0.5, 0.6) is 0 Å². The molecule has 2 aromatic rings. The molecule has 0 amide bonds. The summed E-state index contributed by atoms with van der Waals surface area (Å²) in [5, 5.41) is -0.833. The topological polar surface area (TPSA) is 12.9 Å². The van der Waals surface area contributed by atoms with E-state index in [1.54, 1.807) is 13.1 Å². The number of nitrogens with zero attached hydrogens (tertiary/aromatic N) is 1. The van der Waals surface area contributed by atoms with Gasteiger partial charge in [-0.2, -0.15) is 0 Å². The van der Waals surface area contributed by atoms with Crippen molar-refractivity contribution in [2.45, 2.75) is 19.1 Å². The van der Waals surface area contributed by atoms with Crippen molar-refractivity contribution < 1.29 is 0 Å². The van der Waals surface area contributed by atoms with Gasteiger partial charge in [0, 0.05) is 11.8 Å². The molecule has 4 radical (unpaired) electrons. The van der Waals surface area contributed by atoms with E-state index in [2.05, 4.69) is 18.0 Å². The molecule has 1 nitrogen and oxygen atoms in total. The summed E-state index contributed by atoms with van der Waals surface area (Å²) >= 11 is 0. The van der Waals surface area contributed by atoms with E-state index < -0.39 is 5.21 Å². The van der Waals surface area contributed by atoms with E-state index in [0.29, 0.717) is 0 Å². The molecule has 0 aliphatic rings. The van der Waals surface area contributed by atoms with Crippen molar-refractivity contribution in [1.82, 2.24) is 4.98 Å². The van der Waals surface area contributed by atoms with Crippen LogP contribution in [0.4, 0.5) is 0 Å². The molecule has 1 aromatic carbocycles. The fraction of sp³-hybridized carbons (Fsp3) is 0.214. The van der Waals surface area contributed by atoms with Gasteiger partial charge >= 0.3 is 0 Å². The lowest BCUT2D eigenvalue weighted by Gasteiger charge is -2.20. The smallest absolute Gasteiger partial charge is 0.0707 e. The summed E-state index contributed by atoms with van der Waals surface area (Å²) in [5.74, 6) is 0. The standard InChI is InChI=1S/C14H13B2N/c1-10-5-3-4-6-12(10)13-9-11(7-8-17-13)14(2,15)16/h3-9H,1-2H3. The molecule has 17 heavy (non-hydrogen) atoms. The summed E-state index contributed by atoms with van der Waals surface area (Å²) in [6.07, 6.45) is 1.75. The molecule has 0 saturated carbocycles. The van der Waals surface area contributed by atoms with Crippen LogP contribution in [0.3, 0.4) is 0 Å². The molecule has 0 bridgehead atoms. The Hall–Kier alpha value is -1.50. The molecule has 0 saturated heterocycles. The van der Waals surface area contributed by atoms with Crippen LogP contribution in [0, 0.1) is 6.92 Å². The van der Waals surface area contributed by atoms with Crippen LogP contribution in [0.1, 0.15) is 18.1 Å². The Morgan fingerprint density at radius 2 is 1.82 bits per heavy atom. The lowest BCUT2D eigenvalue weighted by atomic mass is 9.52. The number of benzene rings is 1. The van der Waals surface area contributed by atoms with Gasteiger partial charge in [-0.25, -0.2) is 0 Å². The van der Waals surface area contributed by atoms with Gasteiger partial charge in [-0.15, -0.1) is 0 Å². The molecule has 0 atom stereocenters. The first-order valence-electron chi connectivity index (χ1n) is 5.59. The van der Waals surface area contributed by atoms with E-state index in [-0.39, 0.29) is 0 Å². The van der Waals surface area contributed by atoms with Crippen LogP contribution >= 0.6 is 0 Å². The Labute approximate surface area is 105 Å². The number of pyridine rings is 1. The van der Waals surface area contributed by atoms with Gasteiger partial charge in [0.15, 0.2) is 0 Å². The van der Waals surface area contributed by atoms with Crippen LogP contribution in [0.15, 0.2) is 42.6 Å². The van der Waals surface area contributed by atoms with Crippen LogP contribution in [-0.4, -0.2) is 20.7 Å². The molecule has 1 heterocycles. The summed E-state index contributed by atoms with van der Waals surface area (Å²) in [5.41, 5.74) is 4.08.